The van der Waals surface area contributed by atoms with Gasteiger partial charge in [-0.2, -0.15) is 16.1 Å². The summed E-state index contributed by atoms with van der Waals surface area (Å²) in [6.45, 7) is 7.06. The number of halogens is 1. The van der Waals surface area contributed by atoms with Crippen LogP contribution in [0.15, 0.2) is 15.4 Å². The first kappa shape index (κ1) is 16.2. The van der Waals surface area contributed by atoms with Crippen molar-refractivity contribution in [1.82, 2.24) is 4.31 Å². The van der Waals surface area contributed by atoms with Gasteiger partial charge in [-0.15, -0.1) is 11.6 Å². The number of alkyl halides is 1. The molecule has 1 aliphatic rings. The summed E-state index contributed by atoms with van der Waals surface area (Å²) in [6, 6.07) is 1.54. The molecule has 0 amide bonds. The molecule has 0 aliphatic carbocycles. The summed E-state index contributed by atoms with van der Waals surface area (Å²) in [5, 5.41) is 0. The van der Waals surface area contributed by atoms with Crippen LogP contribution in [0.4, 0.5) is 0 Å². The third-order valence-electron chi connectivity index (χ3n) is 3.47. The summed E-state index contributed by atoms with van der Waals surface area (Å²) < 4.78 is 32.5. The molecule has 0 unspecified atom stereocenters. The van der Waals surface area contributed by atoms with Gasteiger partial charge in [0.15, 0.2) is 0 Å². The molecule has 2 heterocycles. The Bertz CT molecular complexity index is 580. The zero-order valence-corrected chi connectivity index (χ0v) is 14.4. The fourth-order valence-electron chi connectivity index (χ4n) is 2.23. The van der Waals surface area contributed by atoms with E-state index in [1.54, 1.807) is 17.3 Å². The minimum atomic E-state index is -3.49. The lowest BCUT2D eigenvalue weighted by molar-refractivity contribution is 0.413. The molecule has 20 heavy (non-hydrogen) atoms. The van der Waals surface area contributed by atoms with Gasteiger partial charge >= 0.3 is 0 Å². The van der Waals surface area contributed by atoms with Crippen LogP contribution in [0.2, 0.25) is 0 Å². The summed E-state index contributed by atoms with van der Waals surface area (Å²) in [7, 11) is -3.49. The van der Waals surface area contributed by atoms with Crippen LogP contribution in [0, 0.1) is 6.92 Å². The van der Waals surface area contributed by atoms with E-state index in [0.717, 1.165) is 12.2 Å². The number of thioether (sulfide) groups is 1. The van der Waals surface area contributed by atoms with Gasteiger partial charge in [0.2, 0.25) is 10.0 Å². The minimum Gasteiger partial charge on any atom is -0.464 e. The van der Waals surface area contributed by atoms with Gasteiger partial charge < -0.3 is 4.42 Å². The predicted molar refractivity (Wildman–Crippen MR) is 82.9 cm³/mol. The molecule has 7 heteroatoms. The molecular formula is C13H20ClNO3S2. The van der Waals surface area contributed by atoms with Crippen LogP contribution < -0.4 is 0 Å². The van der Waals surface area contributed by atoms with Crippen LogP contribution >= 0.6 is 23.4 Å². The summed E-state index contributed by atoms with van der Waals surface area (Å²) >= 11 is 7.53. The van der Waals surface area contributed by atoms with Gasteiger partial charge in [0.05, 0.1) is 5.88 Å². The molecule has 0 radical (unpaired) electrons. The van der Waals surface area contributed by atoms with Gasteiger partial charge in [0.1, 0.15) is 16.4 Å². The first-order valence-electron chi connectivity index (χ1n) is 6.56. The molecule has 2 rings (SSSR count). The number of hydrogen-bond donors (Lipinski definition) is 0. The van der Waals surface area contributed by atoms with E-state index in [4.69, 9.17) is 16.0 Å². The van der Waals surface area contributed by atoms with Crippen molar-refractivity contribution in [2.75, 3.05) is 18.8 Å². The van der Waals surface area contributed by atoms with E-state index in [1.165, 1.54) is 0 Å². The minimum absolute atomic E-state index is 0.122. The first-order chi connectivity index (χ1) is 9.26. The molecule has 0 bridgehead atoms. The molecule has 0 atom stereocenters. The second kappa shape index (κ2) is 5.91. The Morgan fingerprint density at radius 1 is 1.45 bits per heavy atom. The highest BCUT2D eigenvalue weighted by atomic mass is 35.5. The maximum Gasteiger partial charge on any atom is 0.246 e. The van der Waals surface area contributed by atoms with Gasteiger partial charge in [-0.1, -0.05) is 13.8 Å². The monoisotopic (exact) mass is 337 g/mol. The Labute approximate surface area is 129 Å². The molecule has 1 aromatic rings. The smallest absolute Gasteiger partial charge is 0.246 e. The van der Waals surface area contributed by atoms with Crippen molar-refractivity contribution < 1.29 is 12.8 Å². The lowest BCUT2D eigenvalue weighted by Crippen LogP contribution is -2.33. The van der Waals surface area contributed by atoms with Crippen LogP contribution in [0.3, 0.4) is 0 Å². The molecule has 1 saturated heterocycles. The van der Waals surface area contributed by atoms with Gasteiger partial charge in [-0.25, -0.2) is 8.42 Å². The van der Waals surface area contributed by atoms with E-state index < -0.39 is 10.0 Å². The summed E-state index contributed by atoms with van der Waals surface area (Å²) in [5.74, 6) is 1.90. The molecular weight excluding hydrogens is 318 g/mol. The van der Waals surface area contributed by atoms with Crippen LogP contribution in [-0.2, 0) is 15.9 Å². The highest BCUT2D eigenvalue weighted by Gasteiger charge is 2.32. The zero-order chi connectivity index (χ0) is 15.0. The summed E-state index contributed by atoms with van der Waals surface area (Å²) in [5.41, 5.74) is 0. The standard InChI is InChI=1S/C13H20ClNO3S2/c1-10-12(8-11(9-14)18-10)20(16,17)15-5-4-13(2,3)19-7-6-15/h8H,4-7,9H2,1-3H3. The Morgan fingerprint density at radius 3 is 2.75 bits per heavy atom. The molecule has 0 N–H and O–H groups in total. The second-order valence-corrected chi connectivity index (χ2v) is 9.50. The quantitative estimate of drug-likeness (QED) is 0.794. The van der Waals surface area contributed by atoms with Crippen molar-refractivity contribution in [3.63, 3.8) is 0 Å². The number of rotatable bonds is 3. The van der Waals surface area contributed by atoms with Crippen molar-refractivity contribution in [3.8, 4) is 0 Å². The van der Waals surface area contributed by atoms with Gasteiger partial charge in [0, 0.05) is 29.7 Å². The number of furan rings is 1. The highest BCUT2D eigenvalue weighted by Crippen LogP contribution is 2.33. The van der Waals surface area contributed by atoms with Gasteiger partial charge in [0.25, 0.3) is 0 Å². The number of hydrogen-bond acceptors (Lipinski definition) is 4. The van der Waals surface area contributed by atoms with E-state index in [0.29, 0.717) is 24.6 Å². The molecule has 0 saturated carbocycles. The second-order valence-electron chi connectivity index (χ2n) is 5.53. The largest absolute Gasteiger partial charge is 0.464 e. The highest BCUT2D eigenvalue weighted by molar-refractivity contribution is 8.00. The van der Waals surface area contributed by atoms with Crippen molar-refractivity contribution in [1.29, 1.82) is 0 Å². The fourth-order valence-corrected chi connectivity index (χ4v) is 5.20. The molecule has 0 spiro atoms. The first-order valence-corrected chi connectivity index (χ1v) is 9.52. The molecule has 0 aromatic carbocycles. The van der Waals surface area contributed by atoms with E-state index in [-0.39, 0.29) is 15.5 Å². The van der Waals surface area contributed by atoms with E-state index in [1.807, 2.05) is 11.8 Å². The molecule has 1 fully saturated rings. The molecule has 4 nitrogen and oxygen atoms in total. The van der Waals surface area contributed by atoms with Crippen molar-refractivity contribution in [2.45, 2.75) is 42.7 Å². The fraction of sp³-hybridized carbons (Fsp3) is 0.692. The van der Waals surface area contributed by atoms with Gasteiger partial charge in [-0.05, 0) is 13.3 Å². The molecule has 1 aromatic heterocycles. The Morgan fingerprint density at radius 2 is 2.15 bits per heavy atom. The normalized spacial score (nSPS) is 20.8. The third-order valence-corrected chi connectivity index (χ3v) is 7.11. The zero-order valence-electron chi connectivity index (χ0n) is 12.0. The lowest BCUT2D eigenvalue weighted by Gasteiger charge is -2.22. The number of nitrogens with zero attached hydrogens (tertiary/aromatic N) is 1. The van der Waals surface area contributed by atoms with Crippen molar-refractivity contribution >= 4 is 33.4 Å². The van der Waals surface area contributed by atoms with Crippen molar-refractivity contribution in [2.24, 2.45) is 0 Å². The van der Waals surface area contributed by atoms with Crippen LogP contribution in [0.25, 0.3) is 0 Å². The lowest BCUT2D eigenvalue weighted by atomic mass is 10.1. The Kier molecular flexibility index (Phi) is 4.79. The molecule has 114 valence electrons. The topological polar surface area (TPSA) is 50.5 Å². The van der Waals surface area contributed by atoms with Crippen molar-refractivity contribution in [3.05, 3.63) is 17.6 Å². The van der Waals surface area contributed by atoms with Crippen LogP contribution in [-0.4, -0.2) is 36.3 Å². The maximum atomic E-state index is 12.7. The third kappa shape index (κ3) is 3.35. The van der Waals surface area contributed by atoms with E-state index in [2.05, 4.69) is 13.8 Å². The predicted octanol–water partition coefficient (Wildman–Crippen LogP) is 3.23. The van der Waals surface area contributed by atoms with E-state index in [9.17, 15) is 8.42 Å². The van der Waals surface area contributed by atoms with E-state index >= 15 is 0 Å². The Hall–Kier alpha value is -0.170. The SMILES string of the molecule is Cc1oc(CCl)cc1S(=O)(=O)N1CCSC(C)(C)CC1. The van der Waals surface area contributed by atoms with Gasteiger partial charge in [-0.3, -0.25) is 0 Å². The van der Waals surface area contributed by atoms with Crippen LogP contribution in [0.1, 0.15) is 31.8 Å². The van der Waals surface area contributed by atoms with Crippen LogP contribution in [0.5, 0.6) is 0 Å². The summed E-state index contributed by atoms with van der Waals surface area (Å²) in [6.07, 6.45) is 0.843. The number of sulfonamides is 1. The average molecular weight is 338 g/mol. The number of aryl methyl sites for hydroxylation is 1. The summed E-state index contributed by atoms with van der Waals surface area (Å²) in [4.78, 5) is 0.248. The molecule has 1 aliphatic heterocycles. The maximum absolute atomic E-state index is 12.7. The Balaban J connectivity index is 2.28. The average Bonchev–Trinajstić information content (AvgIpc) is 2.64.